The lowest BCUT2D eigenvalue weighted by atomic mass is 10.2. The molecule has 17 heavy (non-hydrogen) atoms. The van der Waals surface area contributed by atoms with Crippen LogP contribution in [0.2, 0.25) is 0 Å². The molecule has 0 rings (SSSR count). The molecule has 0 aliphatic rings. The van der Waals surface area contributed by atoms with Gasteiger partial charge < -0.3 is 21.3 Å². The number of carbonyl (C=O) groups excluding carboxylic acids is 1. The fourth-order valence-corrected chi connectivity index (χ4v) is 0.936. The Balaban J connectivity index is 0. The maximum absolute atomic E-state index is 10.4. The second kappa shape index (κ2) is 14.9. The van der Waals surface area contributed by atoms with Crippen molar-refractivity contribution in [3.05, 3.63) is 0 Å². The molecule has 0 atom stereocenters. The van der Waals surface area contributed by atoms with Crippen molar-refractivity contribution in [1.82, 2.24) is 0 Å². The van der Waals surface area contributed by atoms with Crippen molar-refractivity contribution in [3.63, 3.8) is 0 Å². The van der Waals surface area contributed by atoms with E-state index in [0.29, 0.717) is 25.9 Å². The molecular formula is C11H24N2O4. The number of methoxy groups -OCH3 is 1. The van der Waals surface area contributed by atoms with Crippen LogP contribution in [0.15, 0.2) is 0 Å². The highest BCUT2D eigenvalue weighted by molar-refractivity contribution is 5.69. The third-order valence-corrected chi connectivity index (χ3v) is 1.91. The molecule has 0 amide bonds. The SMILES string of the molecule is COC(=O)CCCCN.NCCCCC(=O)O. The number of carbonyl (C=O) groups is 2. The zero-order chi connectivity index (χ0) is 13.5. The lowest BCUT2D eigenvalue weighted by Gasteiger charge is -1.95. The Morgan fingerprint density at radius 1 is 1.00 bits per heavy atom. The van der Waals surface area contributed by atoms with Gasteiger partial charge in [-0.3, -0.25) is 9.59 Å². The number of aliphatic carboxylic acids is 1. The van der Waals surface area contributed by atoms with Crippen LogP contribution in [-0.2, 0) is 14.3 Å². The largest absolute Gasteiger partial charge is 0.481 e. The molecule has 5 N–H and O–H groups in total. The van der Waals surface area contributed by atoms with E-state index in [1.165, 1.54) is 7.11 Å². The van der Waals surface area contributed by atoms with Gasteiger partial charge in [0.25, 0.3) is 0 Å². The van der Waals surface area contributed by atoms with E-state index in [0.717, 1.165) is 19.3 Å². The van der Waals surface area contributed by atoms with Gasteiger partial charge >= 0.3 is 11.9 Å². The van der Waals surface area contributed by atoms with Crippen LogP contribution in [0.4, 0.5) is 0 Å². The minimum atomic E-state index is -0.738. The molecule has 0 saturated carbocycles. The fourth-order valence-electron chi connectivity index (χ4n) is 0.936. The summed E-state index contributed by atoms with van der Waals surface area (Å²) in [4.78, 5) is 20.3. The second-order valence-electron chi connectivity index (χ2n) is 3.46. The zero-order valence-corrected chi connectivity index (χ0v) is 10.5. The number of ether oxygens (including phenoxy) is 1. The molecule has 0 fully saturated rings. The maximum Gasteiger partial charge on any atom is 0.305 e. The van der Waals surface area contributed by atoms with Crippen LogP contribution in [-0.4, -0.2) is 37.2 Å². The summed E-state index contributed by atoms with van der Waals surface area (Å²) in [5.41, 5.74) is 10.3. The number of esters is 1. The molecule has 0 aliphatic carbocycles. The summed E-state index contributed by atoms with van der Waals surface area (Å²) in [6, 6.07) is 0. The molecule has 102 valence electrons. The minimum Gasteiger partial charge on any atom is -0.481 e. The van der Waals surface area contributed by atoms with Crippen LogP contribution >= 0.6 is 0 Å². The summed E-state index contributed by atoms with van der Waals surface area (Å²) >= 11 is 0. The van der Waals surface area contributed by atoms with E-state index in [-0.39, 0.29) is 12.4 Å². The molecule has 6 nitrogen and oxygen atoms in total. The standard InChI is InChI=1S/C6H13NO2.C5H11NO2/c1-9-6(8)4-2-3-5-7;6-4-2-1-3-5(7)8/h2-5,7H2,1H3;1-4,6H2,(H,7,8). The number of carboxylic acids is 1. The monoisotopic (exact) mass is 248 g/mol. The van der Waals surface area contributed by atoms with E-state index in [1.807, 2.05) is 0 Å². The highest BCUT2D eigenvalue weighted by atomic mass is 16.5. The van der Waals surface area contributed by atoms with Gasteiger partial charge in [-0.25, -0.2) is 0 Å². The van der Waals surface area contributed by atoms with Crippen molar-refractivity contribution in [2.24, 2.45) is 11.5 Å². The van der Waals surface area contributed by atoms with Crippen LogP contribution in [0, 0.1) is 0 Å². The zero-order valence-electron chi connectivity index (χ0n) is 10.5. The van der Waals surface area contributed by atoms with Crippen molar-refractivity contribution in [1.29, 1.82) is 0 Å². The van der Waals surface area contributed by atoms with Crippen LogP contribution < -0.4 is 11.5 Å². The fraction of sp³-hybridized carbons (Fsp3) is 0.818. The lowest BCUT2D eigenvalue weighted by molar-refractivity contribution is -0.140. The van der Waals surface area contributed by atoms with Gasteiger partial charge in [-0.2, -0.15) is 0 Å². The highest BCUT2D eigenvalue weighted by Crippen LogP contribution is 1.94. The second-order valence-corrected chi connectivity index (χ2v) is 3.46. The predicted octanol–water partition coefficient (Wildman–Crippen LogP) is 0.488. The third kappa shape index (κ3) is 20.8. The maximum atomic E-state index is 10.4. The number of carboxylic acid groups (broad SMARTS) is 1. The van der Waals surface area contributed by atoms with E-state index in [9.17, 15) is 9.59 Å². The molecule has 0 spiro atoms. The summed E-state index contributed by atoms with van der Waals surface area (Å²) in [5, 5.41) is 8.10. The van der Waals surface area contributed by atoms with Gasteiger partial charge in [-0.1, -0.05) is 0 Å². The van der Waals surface area contributed by atoms with Gasteiger partial charge in [0.15, 0.2) is 0 Å². The Kier molecular flexibility index (Phi) is 15.9. The van der Waals surface area contributed by atoms with Crippen molar-refractivity contribution >= 4 is 11.9 Å². The average Bonchev–Trinajstić information content (AvgIpc) is 2.30. The number of unbranched alkanes of at least 4 members (excludes halogenated alkanes) is 2. The Labute approximate surface area is 102 Å². The van der Waals surface area contributed by atoms with Crippen LogP contribution in [0.3, 0.4) is 0 Å². The van der Waals surface area contributed by atoms with Gasteiger partial charge in [-0.15, -0.1) is 0 Å². The number of rotatable bonds is 8. The molecule has 0 aliphatic heterocycles. The first kappa shape index (κ1) is 18.2. The first-order valence-electron chi connectivity index (χ1n) is 5.77. The van der Waals surface area contributed by atoms with Crippen molar-refractivity contribution < 1.29 is 19.4 Å². The van der Waals surface area contributed by atoms with E-state index in [2.05, 4.69) is 4.74 Å². The predicted molar refractivity (Wildman–Crippen MR) is 65.5 cm³/mol. The van der Waals surface area contributed by atoms with Crippen molar-refractivity contribution in [3.8, 4) is 0 Å². The van der Waals surface area contributed by atoms with Gasteiger partial charge in [0.2, 0.25) is 0 Å². The van der Waals surface area contributed by atoms with E-state index in [1.54, 1.807) is 0 Å². The Morgan fingerprint density at radius 3 is 1.82 bits per heavy atom. The first-order valence-corrected chi connectivity index (χ1v) is 5.77. The molecule has 0 aromatic carbocycles. The smallest absolute Gasteiger partial charge is 0.305 e. The number of hydrogen-bond donors (Lipinski definition) is 3. The third-order valence-electron chi connectivity index (χ3n) is 1.91. The summed E-state index contributed by atoms with van der Waals surface area (Å²) in [6.45, 7) is 1.24. The lowest BCUT2D eigenvalue weighted by Crippen LogP contribution is -2.03. The molecule has 0 bridgehead atoms. The summed E-state index contributed by atoms with van der Waals surface area (Å²) in [7, 11) is 1.39. The molecule has 0 unspecified atom stereocenters. The number of hydrogen-bond acceptors (Lipinski definition) is 5. The quantitative estimate of drug-likeness (QED) is 0.425. The molecule has 0 saturated heterocycles. The molecular weight excluding hydrogens is 224 g/mol. The Bertz CT molecular complexity index is 198. The van der Waals surface area contributed by atoms with Crippen LogP contribution in [0.25, 0.3) is 0 Å². The Hall–Kier alpha value is -1.14. The van der Waals surface area contributed by atoms with Gasteiger partial charge in [0, 0.05) is 12.8 Å². The average molecular weight is 248 g/mol. The normalized spacial score (nSPS) is 9.12. The molecule has 0 aromatic heterocycles. The summed E-state index contributed by atoms with van der Waals surface area (Å²) < 4.78 is 4.42. The van der Waals surface area contributed by atoms with E-state index < -0.39 is 5.97 Å². The molecule has 0 aromatic rings. The van der Waals surface area contributed by atoms with Gasteiger partial charge in [0.05, 0.1) is 7.11 Å². The molecule has 6 heteroatoms. The first-order chi connectivity index (χ1) is 8.08. The topological polar surface area (TPSA) is 116 Å². The van der Waals surface area contributed by atoms with Crippen LogP contribution in [0.5, 0.6) is 0 Å². The van der Waals surface area contributed by atoms with E-state index >= 15 is 0 Å². The van der Waals surface area contributed by atoms with Crippen LogP contribution in [0.1, 0.15) is 38.5 Å². The minimum absolute atomic E-state index is 0.150. The summed E-state index contributed by atoms with van der Waals surface area (Å²) in [6.07, 6.45) is 3.99. The van der Waals surface area contributed by atoms with Crippen molar-refractivity contribution in [2.45, 2.75) is 38.5 Å². The molecule has 0 heterocycles. The Morgan fingerprint density at radius 2 is 1.47 bits per heavy atom. The van der Waals surface area contributed by atoms with E-state index in [4.69, 9.17) is 16.6 Å². The van der Waals surface area contributed by atoms with Gasteiger partial charge in [0.1, 0.15) is 0 Å². The highest BCUT2D eigenvalue weighted by Gasteiger charge is 1.96. The van der Waals surface area contributed by atoms with Crippen molar-refractivity contribution in [2.75, 3.05) is 20.2 Å². The number of nitrogens with two attached hydrogens (primary N) is 2. The molecule has 0 radical (unpaired) electrons. The summed E-state index contributed by atoms with van der Waals surface area (Å²) in [5.74, 6) is -0.887. The van der Waals surface area contributed by atoms with Gasteiger partial charge in [-0.05, 0) is 38.8 Å².